The van der Waals surface area contributed by atoms with Crippen LogP contribution in [0.4, 0.5) is 10.1 Å². The van der Waals surface area contributed by atoms with E-state index < -0.39 is 12.1 Å². The maximum Gasteiger partial charge on any atom is 0.255 e. The number of rotatable bonds is 6. The topological polar surface area (TPSA) is 91.8 Å². The minimum atomic E-state index is -1.02. The fraction of sp³-hybridized carbons (Fsp3) is 0.208. The first-order valence-corrected chi connectivity index (χ1v) is 10.6. The van der Waals surface area contributed by atoms with Gasteiger partial charge in [-0.25, -0.2) is 9.37 Å². The summed E-state index contributed by atoms with van der Waals surface area (Å²) < 4.78 is 18.6. The van der Waals surface area contributed by atoms with E-state index in [-0.39, 0.29) is 42.5 Å². The second kappa shape index (κ2) is 10.1. The van der Waals surface area contributed by atoms with E-state index in [1.54, 1.807) is 47.4 Å². The van der Waals surface area contributed by atoms with Gasteiger partial charge >= 0.3 is 0 Å². The predicted molar refractivity (Wildman–Crippen MR) is 120 cm³/mol. The van der Waals surface area contributed by atoms with Gasteiger partial charge in [-0.2, -0.15) is 0 Å². The Balaban J connectivity index is 1.46. The fourth-order valence-electron chi connectivity index (χ4n) is 3.61. The van der Waals surface area contributed by atoms with Crippen LogP contribution in [0.25, 0.3) is 0 Å². The Labute approximate surface area is 194 Å². The Bertz CT molecular complexity index is 1140. The zero-order valence-electron chi connectivity index (χ0n) is 17.4. The molecule has 0 aliphatic carbocycles. The van der Waals surface area contributed by atoms with Gasteiger partial charge in [-0.15, -0.1) is 0 Å². The van der Waals surface area contributed by atoms with Crippen molar-refractivity contribution in [1.82, 2.24) is 9.88 Å². The fourth-order valence-corrected chi connectivity index (χ4v) is 3.78. The average Bonchev–Trinajstić information content (AvgIpc) is 2.82. The quantitative estimate of drug-likeness (QED) is 0.538. The number of pyridine rings is 1. The van der Waals surface area contributed by atoms with Crippen molar-refractivity contribution in [3.05, 3.63) is 94.5 Å². The van der Waals surface area contributed by atoms with Gasteiger partial charge in [0, 0.05) is 24.0 Å². The third-order valence-electron chi connectivity index (χ3n) is 5.36. The van der Waals surface area contributed by atoms with E-state index in [1.165, 1.54) is 24.4 Å². The molecule has 0 unspecified atom stereocenters. The van der Waals surface area contributed by atoms with Gasteiger partial charge in [0.25, 0.3) is 5.91 Å². The van der Waals surface area contributed by atoms with Crippen molar-refractivity contribution in [3.8, 4) is 0 Å². The van der Waals surface area contributed by atoms with E-state index in [0.29, 0.717) is 16.8 Å². The lowest BCUT2D eigenvalue weighted by molar-refractivity contribution is -0.155. The molecule has 1 aliphatic rings. The number of ether oxygens (including phenoxy) is 1. The van der Waals surface area contributed by atoms with Crippen molar-refractivity contribution in [1.29, 1.82) is 0 Å². The van der Waals surface area contributed by atoms with Gasteiger partial charge in [-0.3, -0.25) is 9.59 Å². The molecule has 9 heteroatoms. The van der Waals surface area contributed by atoms with Crippen LogP contribution in [0, 0.1) is 5.82 Å². The monoisotopic (exact) mass is 469 g/mol. The summed E-state index contributed by atoms with van der Waals surface area (Å²) in [5.74, 6) is -0.957. The third-order valence-corrected chi connectivity index (χ3v) is 5.57. The van der Waals surface area contributed by atoms with Gasteiger partial charge in [0.15, 0.2) is 0 Å². The summed E-state index contributed by atoms with van der Waals surface area (Å²) in [6.45, 7) is 0.316. The number of anilines is 1. The molecule has 170 valence electrons. The van der Waals surface area contributed by atoms with Gasteiger partial charge in [0.05, 0.1) is 12.6 Å². The molecular formula is C24H21ClFN3O4. The normalized spacial score (nSPS) is 17.0. The highest BCUT2D eigenvalue weighted by Gasteiger charge is 2.34. The minimum Gasteiger partial charge on any atom is -0.386 e. The molecule has 33 heavy (non-hydrogen) atoms. The van der Waals surface area contributed by atoms with E-state index in [2.05, 4.69) is 10.3 Å². The van der Waals surface area contributed by atoms with Crippen molar-refractivity contribution < 1.29 is 23.8 Å². The highest BCUT2D eigenvalue weighted by Crippen LogP contribution is 2.27. The molecule has 2 atom stereocenters. The van der Waals surface area contributed by atoms with Crippen LogP contribution in [-0.2, 0) is 16.1 Å². The van der Waals surface area contributed by atoms with E-state index in [4.69, 9.17) is 16.3 Å². The number of aliphatic hydroxyl groups is 1. The van der Waals surface area contributed by atoms with E-state index >= 15 is 0 Å². The second-order valence-corrected chi connectivity index (χ2v) is 8.01. The number of amides is 2. The largest absolute Gasteiger partial charge is 0.386 e. The lowest BCUT2D eigenvalue weighted by atomic mass is 9.99. The number of hydrogen-bond acceptors (Lipinski definition) is 5. The molecule has 0 saturated carbocycles. The summed E-state index contributed by atoms with van der Waals surface area (Å²) in [5, 5.41) is 14.0. The number of nitrogens with one attached hydrogen (secondary N) is 1. The first kappa shape index (κ1) is 22.8. The summed E-state index contributed by atoms with van der Waals surface area (Å²) in [5.41, 5.74) is 2.21. The predicted octanol–water partition coefficient (Wildman–Crippen LogP) is 3.59. The smallest absolute Gasteiger partial charge is 0.255 e. The Kier molecular flexibility index (Phi) is 6.98. The number of nitrogens with zero attached hydrogens (tertiary/aromatic N) is 2. The molecular weight excluding hydrogens is 449 g/mol. The van der Waals surface area contributed by atoms with Gasteiger partial charge in [0.1, 0.15) is 23.7 Å². The van der Waals surface area contributed by atoms with Crippen LogP contribution in [0.5, 0.6) is 0 Å². The number of carbonyl (C=O) groups excluding carboxylic acids is 2. The molecule has 2 heterocycles. The molecule has 3 aromatic rings. The molecule has 1 saturated heterocycles. The zero-order chi connectivity index (χ0) is 23.4. The summed E-state index contributed by atoms with van der Waals surface area (Å²) >= 11 is 5.83. The average molecular weight is 470 g/mol. The van der Waals surface area contributed by atoms with Gasteiger partial charge in [-0.05, 0) is 47.5 Å². The number of aromatic nitrogens is 1. The lowest BCUT2D eigenvalue weighted by Crippen LogP contribution is -2.51. The van der Waals surface area contributed by atoms with Crippen molar-refractivity contribution >= 4 is 29.1 Å². The standard InChI is InChI=1S/C24H21ClFN3O4/c25-21-11-17(9-10-27-21)24(32)28-19-7-3-16(4-8-19)23(31)20-13-33-14-22(30)29(20)12-15-1-5-18(26)6-2-15/h1-11,20,23,31H,12-14H2,(H,28,32)/t20-,23-/m1/s1. The highest BCUT2D eigenvalue weighted by molar-refractivity contribution is 6.29. The SMILES string of the molecule is O=C(Nc1ccc([C@@H](O)[C@H]2COCC(=O)N2Cc2ccc(F)cc2)cc1)c1ccnc(Cl)c1. The Morgan fingerprint density at radius 1 is 1.21 bits per heavy atom. The van der Waals surface area contributed by atoms with Crippen LogP contribution < -0.4 is 5.32 Å². The molecule has 2 N–H and O–H groups in total. The van der Waals surface area contributed by atoms with Crippen LogP contribution in [0.2, 0.25) is 5.15 Å². The van der Waals surface area contributed by atoms with Crippen molar-refractivity contribution in [2.24, 2.45) is 0 Å². The number of carbonyl (C=O) groups is 2. The molecule has 1 aromatic heterocycles. The van der Waals surface area contributed by atoms with Crippen molar-refractivity contribution in [3.63, 3.8) is 0 Å². The summed E-state index contributed by atoms with van der Waals surface area (Å²) in [4.78, 5) is 30.3. The first-order chi connectivity index (χ1) is 15.9. The summed E-state index contributed by atoms with van der Waals surface area (Å²) in [6, 6.07) is 14.9. The summed E-state index contributed by atoms with van der Waals surface area (Å²) in [6.07, 6.45) is 0.431. The number of morpholine rings is 1. The molecule has 0 bridgehead atoms. The third kappa shape index (κ3) is 5.54. The molecule has 2 aromatic carbocycles. The lowest BCUT2D eigenvalue weighted by Gasteiger charge is -2.38. The Morgan fingerprint density at radius 2 is 1.94 bits per heavy atom. The van der Waals surface area contributed by atoms with Crippen LogP contribution in [-0.4, -0.2) is 46.1 Å². The molecule has 4 rings (SSSR count). The first-order valence-electron chi connectivity index (χ1n) is 10.2. The van der Waals surface area contributed by atoms with E-state index in [1.807, 2.05) is 0 Å². The maximum atomic E-state index is 13.2. The number of benzene rings is 2. The molecule has 1 fully saturated rings. The Morgan fingerprint density at radius 3 is 2.64 bits per heavy atom. The van der Waals surface area contributed by atoms with Crippen molar-refractivity contribution in [2.75, 3.05) is 18.5 Å². The van der Waals surface area contributed by atoms with Gasteiger partial charge in [-0.1, -0.05) is 35.9 Å². The van der Waals surface area contributed by atoms with Crippen LogP contribution in [0.1, 0.15) is 27.6 Å². The van der Waals surface area contributed by atoms with Crippen LogP contribution in [0.15, 0.2) is 66.9 Å². The molecule has 2 amide bonds. The van der Waals surface area contributed by atoms with Gasteiger partial charge in [0.2, 0.25) is 5.91 Å². The van der Waals surface area contributed by atoms with Crippen LogP contribution in [0.3, 0.4) is 0 Å². The summed E-state index contributed by atoms with van der Waals surface area (Å²) in [7, 11) is 0. The van der Waals surface area contributed by atoms with Crippen LogP contribution >= 0.6 is 11.6 Å². The molecule has 7 nitrogen and oxygen atoms in total. The van der Waals surface area contributed by atoms with Crippen molar-refractivity contribution in [2.45, 2.75) is 18.7 Å². The zero-order valence-corrected chi connectivity index (χ0v) is 18.2. The minimum absolute atomic E-state index is 0.0750. The Hall–Kier alpha value is -3.33. The van der Waals surface area contributed by atoms with Gasteiger partial charge < -0.3 is 20.1 Å². The molecule has 0 radical (unpaired) electrons. The highest BCUT2D eigenvalue weighted by atomic mass is 35.5. The number of aliphatic hydroxyl groups excluding tert-OH is 1. The number of hydrogen-bond donors (Lipinski definition) is 2. The maximum absolute atomic E-state index is 13.2. The van der Waals surface area contributed by atoms with E-state index in [9.17, 15) is 19.1 Å². The number of halogens is 2. The second-order valence-electron chi connectivity index (χ2n) is 7.62. The van der Waals surface area contributed by atoms with E-state index in [0.717, 1.165) is 5.56 Å². The molecule has 0 spiro atoms. The molecule has 1 aliphatic heterocycles.